The predicted octanol–water partition coefficient (Wildman–Crippen LogP) is 2.17. The summed E-state index contributed by atoms with van der Waals surface area (Å²) in [5, 5.41) is 8.62. The Morgan fingerprint density at radius 1 is 1.13 bits per heavy atom. The number of piperidine rings is 1. The molecular weight excluding hydrogens is 290 g/mol. The van der Waals surface area contributed by atoms with E-state index in [-0.39, 0.29) is 11.9 Å². The molecule has 0 spiro atoms. The Kier molecular flexibility index (Phi) is 4.79. The van der Waals surface area contributed by atoms with E-state index in [1.54, 1.807) is 0 Å². The van der Waals surface area contributed by atoms with Crippen molar-refractivity contribution in [3.8, 4) is 0 Å². The van der Waals surface area contributed by atoms with Crippen molar-refractivity contribution < 1.29 is 4.79 Å². The number of hydrogen-bond acceptors (Lipinski definition) is 3. The summed E-state index contributed by atoms with van der Waals surface area (Å²) in [4.78, 5) is 14.7. The number of nitrogens with zero attached hydrogens (tertiary/aromatic N) is 5. The molecule has 0 aliphatic carbocycles. The van der Waals surface area contributed by atoms with Crippen molar-refractivity contribution in [1.82, 2.24) is 24.5 Å². The molecule has 3 heterocycles. The smallest absolute Gasteiger partial charge is 0.224 e. The maximum absolute atomic E-state index is 12.6. The SMILES string of the molecule is Cc1cnn(CCC(=O)N2CCCC[C@H]2Cn2cc(C)cn2)c1. The zero-order valence-electron chi connectivity index (χ0n) is 14.0. The third kappa shape index (κ3) is 4.00. The van der Waals surface area contributed by atoms with Gasteiger partial charge in [0, 0.05) is 31.9 Å². The second-order valence-electron chi connectivity index (χ2n) is 6.51. The molecule has 0 aromatic carbocycles. The van der Waals surface area contributed by atoms with Crippen LogP contribution in [0.3, 0.4) is 0 Å². The molecule has 0 bridgehead atoms. The first-order chi connectivity index (χ1) is 11.1. The number of carbonyl (C=O) groups is 1. The van der Waals surface area contributed by atoms with Crippen LogP contribution in [-0.2, 0) is 17.9 Å². The monoisotopic (exact) mass is 315 g/mol. The van der Waals surface area contributed by atoms with Gasteiger partial charge < -0.3 is 4.90 Å². The van der Waals surface area contributed by atoms with Crippen LogP contribution in [0.4, 0.5) is 0 Å². The van der Waals surface area contributed by atoms with Gasteiger partial charge in [0.2, 0.25) is 5.91 Å². The molecule has 124 valence electrons. The van der Waals surface area contributed by atoms with E-state index in [4.69, 9.17) is 0 Å². The highest BCUT2D eigenvalue weighted by molar-refractivity contribution is 5.76. The van der Waals surface area contributed by atoms with Gasteiger partial charge in [-0.05, 0) is 44.2 Å². The van der Waals surface area contributed by atoms with Crippen LogP contribution >= 0.6 is 0 Å². The first-order valence-electron chi connectivity index (χ1n) is 8.39. The number of hydrogen-bond donors (Lipinski definition) is 0. The molecule has 2 aromatic heterocycles. The summed E-state index contributed by atoms with van der Waals surface area (Å²) in [6.45, 7) is 6.36. The quantitative estimate of drug-likeness (QED) is 0.849. The number of carbonyl (C=O) groups excluding carboxylic acids is 1. The van der Waals surface area contributed by atoms with Gasteiger partial charge in [0.15, 0.2) is 0 Å². The fourth-order valence-corrected chi connectivity index (χ4v) is 3.24. The summed E-state index contributed by atoms with van der Waals surface area (Å²) < 4.78 is 3.81. The topological polar surface area (TPSA) is 56.0 Å². The summed E-state index contributed by atoms with van der Waals surface area (Å²) in [6.07, 6.45) is 11.6. The third-order valence-corrected chi connectivity index (χ3v) is 4.42. The maximum atomic E-state index is 12.6. The average Bonchev–Trinajstić information content (AvgIpc) is 3.14. The summed E-state index contributed by atoms with van der Waals surface area (Å²) in [5.74, 6) is 0.228. The number of rotatable bonds is 5. The zero-order chi connectivity index (χ0) is 16.2. The number of aryl methyl sites for hydroxylation is 3. The van der Waals surface area contributed by atoms with Crippen molar-refractivity contribution >= 4 is 5.91 Å². The largest absolute Gasteiger partial charge is 0.338 e. The highest BCUT2D eigenvalue weighted by Crippen LogP contribution is 2.19. The summed E-state index contributed by atoms with van der Waals surface area (Å²) in [7, 11) is 0. The number of likely N-dealkylation sites (tertiary alicyclic amines) is 1. The standard InChI is InChI=1S/C17H25N5O/c1-14-9-18-20(11-14)8-6-17(23)22-7-4-3-5-16(22)13-21-12-15(2)10-19-21/h9-12,16H,3-8,13H2,1-2H3/t16-/m0/s1. The Morgan fingerprint density at radius 3 is 2.48 bits per heavy atom. The molecule has 1 atom stereocenters. The van der Waals surface area contributed by atoms with Gasteiger partial charge in [0.05, 0.1) is 25.0 Å². The van der Waals surface area contributed by atoms with Gasteiger partial charge in [0.25, 0.3) is 0 Å². The second kappa shape index (κ2) is 6.98. The fraction of sp³-hybridized carbons (Fsp3) is 0.588. The van der Waals surface area contributed by atoms with E-state index in [9.17, 15) is 4.79 Å². The molecule has 1 amide bonds. The molecule has 1 aliphatic heterocycles. The molecule has 23 heavy (non-hydrogen) atoms. The van der Waals surface area contributed by atoms with Crippen LogP contribution < -0.4 is 0 Å². The number of aromatic nitrogens is 4. The van der Waals surface area contributed by atoms with E-state index in [0.29, 0.717) is 13.0 Å². The summed E-state index contributed by atoms with van der Waals surface area (Å²) in [6, 6.07) is 0.259. The van der Waals surface area contributed by atoms with E-state index in [1.807, 2.05) is 48.0 Å². The van der Waals surface area contributed by atoms with Crippen LogP contribution in [0.15, 0.2) is 24.8 Å². The molecule has 1 fully saturated rings. The Bertz CT molecular complexity index is 659. The third-order valence-electron chi connectivity index (χ3n) is 4.42. The molecule has 1 aliphatic rings. The lowest BCUT2D eigenvalue weighted by Gasteiger charge is -2.35. The molecule has 0 unspecified atom stereocenters. The molecule has 0 saturated carbocycles. The van der Waals surface area contributed by atoms with Crippen LogP contribution in [0, 0.1) is 13.8 Å². The van der Waals surface area contributed by atoms with Crippen molar-refractivity contribution in [3.63, 3.8) is 0 Å². The van der Waals surface area contributed by atoms with Gasteiger partial charge in [-0.2, -0.15) is 10.2 Å². The van der Waals surface area contributed by atoms with Gasteiger partial charge in [0.1, 0.15) is 0 Å². The lowest BCUT2D eigenvalue weighted by atomic mass is 10.0. The van der Waals surface area contributed by atoms with E-state index in [1.165, 1.54) is 6.42 Å². The van der Waals surface area contributed by atoms with Gasteiger partial charge >= 0.3 is 0 Å². The summed E-state index contributed by atoms with van der Waals surface area (Å²) in [5.41, 5.74) is 2.29. The summed E-state index contributed by atoms with van der Waals surface area (Å²) >= 11 is 0. The van der Waals surface area contributed by atoms with E-state index in [0.717, 1.165) is 37.1 Å². The van der Waals surface area contributed by atoms with Crippen molar-refractivity contribution in [2.75, 3.05) is 6.54 Å². The van der Waals surface area contributed by atoms with Crippen molar-refractivity contribution in [2.45, 2.75) is 58.7 Å². The molecule has 3 rings (SSSR count). The van der Waals surface area contributed by atoms with Crippen molar-refractivity contribution in [2.24, 2.45) is 0 Å². The fourth-order valence-electron chi connectivity index (χ4n) is 3.24. The van der Waals surface area contributed by atoms with Gasteiger partial charge in [-0.25, -0.2) is 0 Å². The Balaban J connectivity index is 1.59. The van der Waals surface area contributed by atoms with Crippen LogP contribution in [-0.4, -0.2) is 43.0 Å². The Hall–Kier alpha value is -2.11. The molecule has 0 N–H and O–H groups in total. The molecular formula is C17H25N5O. The lowest BCUT2D eigenvalue weighted by Crippen LogP contribution is -2.46. The minimum Gasteiger partial charge on any atom is -0.338 e. The molecule has 2 aromatic rings. The number of amides is 1. The first-order valence-corrected chi connectivity index (χ1v) is 8.39. The van der Waals surface area contributed by atoms with Gasteiger partial charge in [-0.15, -0.1) is 0 Å². The van der Waals surface area contributed by atoms with Crippen LogP contribution in [0.5, 0.6) is 0 Å². The molecule has 0 radical (unpaired) electrons. The van der Waals surface area contributed by atoms with Gasteiger partial charge in [-0.3, -0.25) is 14.2 Å². The Labute approximate surface area is 137 Å². The van der Waals surface area contributed by atoms with Crippen LogP contribution in [0.2, 0.25) is 0 Å². The normalized spacial score (nSPS) is 18.3. The van der Waals surface area contributed by atoms with Crippen LogP contribution in [0.25, 0.3) is 0 Å². The van der Waals surface area contributed by atoms with Gasteiger partial charge in [-0.1, -0.05) is 0 Å². The average molecular weight is 315 g/mol. The molecule has 1 saturated heterocycles. The Morgan fingerprint density at radius 2 is 1.83 bits per heavy atom. The highest BCUT2D eigenvalue weighted by atomic mass is 16.2. The maximum Gasteiger partial charge on any atom is 0.224 e. The van der Waals surface area contributed by atoms with Crippen LogP contribution in [0.1, 0.15) is 36.8 Å². The molecule has 6 nitrogen and oxygen atoms in total. The zero-order valence-corrected chi connectivity index (χ0v) is 14.0. The van der Waals surface area contributed by atoms with Crippen molar-refractivity contribution in [3.05, 3.63) is 35.9 Å². The minimum absolute atomic E-state index is 0.228. The highest BCUT2D eigenvalue weighted by Gasteiger charge is 2.26. The van der Waals surface area contributed by atoms with E-state index < -0.39 is 0 Å². The van der Waals surface area contributed by atoms with Crippen molar-refractivity contribution in [1.29, 1.82) is 0 Å². The minimum atomic E-state index is 0.228. The van der Waals surface area contributed by atoms with E-state index in [2.05, 4.69) is 15.1 Å². The first kappa shape index (κ1) is 15.8. The molecule has 6 heteroatoms. The second-order valence-corrected chi connectivity index (χ2v) is 6.51. The van der Waals surface area contributed by atoms with E-state index >= 15 is 0 Å². The predicted molar refractivity (Wildman–Crippen MR) is 87.9 cm³/mol. The lowest BCUT2D eigenvalue weighted by molar-refractivity contribution is -0.135.